The van der Waals surface area contributed by atoms with Gasteiger partial charge in [0.2, 0.25) is 5.91 Å². The lowest BCUT2D eigenvalue weighted by molar-refractivity contribution is -0.192. The van der Waals surface area contributed by atoms with Gasteiger partial charge in [-0.25, -0.2) is 4.79 Å². The van der Waals surface area contributed by atoms with Crippen molar-refractivity contribution in [3.8, 4) is 6.07 Å². The van der Waals surface area contributed by atoms with E-state index in [0.29, 0.717) is 19.0 Å². The molecule has 1 amide bonds. The number of carbonyl (C=O) groups is 2. The smallest absolute Gasteiger partial charge is 0.475 e. The Labute approximate surface area is 112 Å². The second kappa shape index (κ2) is 6.09. The van der Waals surface area contributed by atoms with Crippen molar-refractivity contribution in [3.63, 3.8) is 0 Å². The molecule has 1 aliphatic carbocycles. The molecule has 2 fully saturated rings. The molecule has 1 saturated heterocycles. The van der Waals surface area contributed by atoms with E-state index in [1.807, 2.05) is 0 Å². The van der Waals surface area contributed by atoms with Gasteiger partial charge in [-0.05, 0) is 18.8 Å². The highest BCUT2D eigenvalue weighted by molar-refractivity contribution is 5.83. The number of carboxylic acid groups (broad SMARTS) is 1. The third kappa shape index (κ3) is 4.38. The molecule has 9 heteroatoms. The average molecular weight is 293 g/mol. The lowest BCUT2D eigenvalue weighted by atomic mass is 10.00. The van der Waals surface area contributed by atoms with Crippen LogP contribution in [0.2, 0.25) is 0 Å². The van der Waals surface area contributed by atoms with E-state index in [-0.39, 0.29) is 17.9 Å². The van der Waals surface area contributed by atoms with Crippen molar-refractivity contribution >= 4 is 11.9 Å². The predicted octanol–water partition coefficient (Wildman–Crippen LogP) is 0.339. The number of alkyl halides is 3. The van der Waals surface area contributed by atoms with Gasteiger partial charge in [0, 0.05) is 13.1 Å². The molecule has 6 nitrogen and oxygen atoms in total. The highest BCUT2D eigenvalue weighted by atomic mass is 19.4. The largest absolute Gasteiger partial charge is 0.490 e. The topological polar surface area (TPSA) is 107 Å². The summed E-state index contributed by atoms with van der Waals surface area (Å²) in [6.07, 6.45) is -2.91. The zero-order chi connectivity index (χ0) is 15.5. The minimum Gasteiger partial charge on any atom is -0.475 e. The molecule has 0 aromatic carbocycles. The number of amides is 1. The lowest BCUT2D eigenvalue weighted by Crippen LogP contribution is -2.55. The van der Waals surface area contributed by atoms with Gasteiger partial charge in [0.05, 0.1) is 18.0 Å². The first-order valence-electron chi connectivity index (χ1n) is 5.91. The molecule has 0 unspecified atom stereocenters. The van der Waals surface area contributed by atoms with Gasteiger partial charge in [-0.1, -0.05) is 0 Å². The maximum Gasteiger partial charge on any atom is 0.490 e. The molecule has 1 saturated carbocycles. The fourth-order valence-electron chi connectivity index (χ4n) is 1.61. The number of rotatable bonds is 2. The Hall–Kier alpha value is -1.82. The highest BCUT2D eigenvalue weighted by Crippen LogP contribution is 2.33. The summed E-state index contributed by atoms with van der Waals surface area (Å²) in [5.74, 6) is -2.27. The minimum atomic E-state index is -5.08. The molecule has 1 atom stereocenters. The quantitative estimate of drug-likeness (QED) is 0.763. The molecule has 112 valence electrons. The standard InChI is InChI=1S/C9H13N3O.C2HF3O2/c10-3-6-4-12(5-6)9(13)8(11)7-1-2-7;3-2(4,5)1(6)7/h6-8H,1-2,4-5,11H2;(H,6,7)/t8-;/m1./s1. The molecular formula is C11H14F3N3O3. The van der Waals surface area contributed by atoms with Gasteiger partial charge in [-0.15, -0.1) is 0 Å². The van der Waals surface area contributed by atoms with E-state index in [2.05, 4.69) is 6.07 Å². The number of nitrogens with two attached hydrogens (primary N) is 1. The van der Waals surface area contributed by atoms with Crippen LogP contribution in [-0.2, 0) is 9.59 Å². The van der Waals surface area contributed by atoms with Crippen LogP contribution in [-0.4, -0.2) is 47.2 Å². The van der Waals surface area contributed by atoms with E-state index < -0.39 is 12.1 Å². The van der Waals surface area contributed by atoms with Crippen molar-refractivity contribution in [2.75, 3.05) is 13.1 Å². The number of nitriles is 1. The van der Waals surface area contributed by atoms with Crippen molar-refractivity contribution in [1.82, 2.24) is 4.90 Å². The van der Waals surface area contributed by atoms with Crippen LogP contribution >= 0.6 is 0 Å². The number of nitrogens with zero attached hydrogens (tertiary/aromatic N) is 2. The average Bonchev–Trinajstić information content (AvgIpc) is 3.09. The fraction of sp³-hybridized carbons (Fsp3) is 0.727. The minimum absolute atomic E-state index is 0.0361. The van der Waals surface area contributed by atoms with Gasteiger partial charge in [0.15, 0.2) is 0 Å². The highest BCUT2D eigenvalue weighted by Gasteiger charge is 2.39. The van der Waals surface area contributed by atoms with Crippen LogP contribution in [0.15, 0.2) is 0 Å². The first kappa shape index (κ1) is 16.2. The zero-order valence-electron chi connectivity index (χ0n) is 10.4. The summed E-state index contributed by atoms with van der Waals surface area (Å²) in [5, 5.41) is 15.7. The van der Waals surface area contributed by atoms with E-state index in [1.165, 1.54) is 0 Å². The van der Waals surface area contributed by atoms with Crippen LogP contribution in [0, 0.1) is 23.2 Å². The van der Waals surface area contributed by atoms with Crippen molar-refractivity contribution in [2.45, 2.75) is 25.1 Å². The molecular weight excluding hydrogens is 279 g/mol. The van der Waals surface area contributed by atoms with Gasteiger partial charge in [0.25, 0.3) is 0 Å². The molecule has 0 radical (unpaired) electrons. The number of aliphatic carboxylic acids is 1. The van der Waals surface area contributed by atoms with Gasteiger partial charge in [-0.3, -0.25) is 4.79 Å². The molecule has 1 heterocycles. The maximum absolute atomic E-state index is 11.6. The second-order valence-corrected chi connectivity index (χ2v) is 4.74. The Morgan fingerprint density at radius 1 is 1.35 bits per heavy atom. The number of halogens is 3. The van der Waals surface area contributed by atoms with Gasteiger partial charge in [-0.2, -0.15) is 18.4 Å². The van der Waals surface area contributed by atoms with Crippen molar-refractivity contribution in [3.05, 3.63) is 0 Å². The number of carbonyl (C=O) groups excluding carboxylic acids is 1. The number of hydrogen-bond donors (Lipinski definition) is 2. The number of likely N-dealkylation sites (tertiary alicyclic amines) is 1. The van der Waals surface area contributed by atoms with E-state index in [1.54, 1.807) is 4.90 Å². The van der Waals surface area contributed by atoms with E-state index in [9.17, 15) is 18.0 Å². The molecule has 0 spiro atoms. The summed E-state index contributed by atoms with van der Waals surface area (Å²) < 4.78 is 31.7. The number of carboxylic acids is 1. The first-order valence-corrected chi connectivity index (χ1v) is 5.91. The third-order valence-corrected chi connectivity index (χ3v) is 3.03. The molecule has 2 rings (SSSR count). The third-order valence-electron chi connectivity index (χ3n) is 3.03. The summed E-state index contributed by atoms with van der Waals surface area (Å²) >= 11 is 0. The second-order valence-electron chi connectivity index (χ2n) is 4.74. The fourth-order valence-corrected chi connectivity index (χ4v) is 1.61. The molecule has 0 aromatic rings. The number of hydrogen-bond acceptors (Lipinski definition) is 4. The van der Waals surface area contributed by atoms with Gasteiger partial charge >= 0.3 is 12.1 Å². The predicted molar refractivity (Wildman–Crippen MR) is 60.1 cm³/mol. The van der Waals surface area contributed by atoms with E-state index in [4.69, 9.17) is 20.9 Å². The molecule has 2 aliphatic rings. The lowest BCUT2D eigenvalue weighted by Gasteiger charge is -2.36. The monoisotopic (exact) mass is 293 g/mol. The van der Waals surface area contributed by atoms with Crippen LogP contribution in [0.25, 0.3) is 0 Å². The van der Waals surface area contributed by atoms with E-state index >= 15 is 0 Å². The molecule has 20 heavy (non-hydrogen) atoms. The molecule has 0 bridgehead atoms. The van der Waals surface area contributed by atoms with Crippen LogP contribution < -0.4 is 5.73 Å². The van der Waals surface area contributed by atoms with Gasteiger partial charge in [0.1, 0.15) is 0 Å². The Morgan fingerprint density at radius 2 is 1.80 bits per heavy atom. The zero-order valence-corrected chi connectivity index (χ0v) is 10.4. The Balaban J connectivity index is 0.000000246. The molecule has 1 aliphatic heterocycles. The van der Waals surface area contributed by atoms with Gasteiger partial charge < -0.3 is 15.7 Å². The van der Waals surface area contributed by atoms with Crippen LogP contribution in [0.1, 0.15) is 12.8 Å². The normalized spacial score (nSPS) is 20.1. The molecule has 3 N–H and O–H groups in total. The first-order chi connectivity index (χ1) is 9.16. The SMILES string of the molecule is N#CC1CN(C(=O)[C@H](N)C2CC2)C1.O=C(O)C(F)(F)F. The summed E-state index contributed by atoms with van der Waals surface area (Å²) in [5.41, 5.74) is 5.75. The summed E-state index contributed by atoms with van der Waals surface area (Å²) in [6.45, 7) is 1.16. The Morgan fingerprint density at radius 3 is 2.10 bits per heavy atom. The van der Waals surface area contributed by atoms with Crippen LogP contribution in [0.3, 0.4) is 0 Å². The van der Waals surface area contributed by atoms with Crippen LogP contribution in [0.4, 0.5) is 13.2 Å². The maximum atomic E-state index is 11.6. The molecule has 0 aromatic heterocycles. The van der Waals surface area contributed by atoms with Crippen molar-refractivity contribution < 1.29 is 27.9 Å². The van der Waals surface area contributed by atoms with Crippen LogP contribution in [0.5, 0.6) is 0 Å². The van der Waals surface area contributed by atoms with Crippen molar-refractivity contribution in [1.29, 1.82) is 5.26 Å². The Bertz CT molecular complexity index is 423. The van der Waals surface area contributed by atoms with E-state index in [0.717, 1.165) is 12.8 Å². The van der Waals surface area contributed by atoms with Crippen molar-refractivity contribution in [2.24, 2.45) is 17.6 Å². The summed E-state index contributed by atoms with van der Waals surface area (Å²) in [6, 6.07) is 1.83. The summed E-state index contributed by atoms with van der Waals surface area (Å²) in [4.78, 5) is 22.1. The Kier molecular flexibility index (Phi) is 4.94. The summed E-state index contributed by atoms with van der Waals surface area (Å²) in [7, 11) is 0.